The van der Waals surface area contributed by atoms with Crippen LogP contribution in [0.4, 0.5) is 0 Å². The van der Waals surface area contributed by atoms with Gasteiger partial charge in [0.2, 0.25) is 5.91 Å². The van der Waals surface area contributed by atoms with Crippen molar-refractivity contribution in [3.63, 3.8) is 0 Å². The summed E-state index contributed by atoms with van der Waals surface area (Å²) in [4.78, 5) is 11.8. The molecule has 1 amide bonds. The van der Waals surface area contributed by atoms with Crippen LogP contribution >= 0.6 is 0 Å². The van der Waals surface area contributed by atoms with Crippen LogP contribution < -0.4 is 15.8 Å². The molecule has 20 heavy (non-hydrogen) atoms. The van der Waals surface area contributed by atoms with Crippen LogP contribution in [0, 0.1) is 5.41 Å². The van der Waals surface area contributed by atoms with Crippen LogP contribution in [-0.4, -0.2) is 25.6 Å². The van der Waals surface area contributed by atoms with Gasteiger partial charge in [0.25, 0.3) is 0 Å². The molecule has 3 N–H and O–H groups in total. The van der Waals surface area contributed by atoms with Gasteiger partial charge in [-0.1, -0.05) is 31.0 Å². The van der Waals surface area contributed by atoms with Gasteiger partial charge in [-0.2, -0.15) is 0 Å². The van der Waals surface area contributed by atoms with Crippen molar-refractivity contribution >= 4 is 5.91 Å². The van der Waals surface area contributed by atoms with Crippen LogP contribution in [0.5, 0.6) is 5.75 Å². The molecule has 1 aliphatic carbocycles. The smallest absolute Gasteiger partial charge is 0.223 e. The zero-order chi connectivity index (χ0) is 14.3. The lowest BCUT2D eigenvalue weighted by Crippen LogP contribution is -2.41. The Hall–Kier alpha value is -1.55. The Morgan fingerprint density at radius 3 is 2.60 bits per heavy atom. The van der Waals surface area contributed by atoms with E-state index in [2.05, 4.69) is 5.32 Å². The number of hydrogen-bond acceptors (Lipinski definition) is 3. The fourth-order valence-electron chi connectivity index (χ4n) is 2.73. The van der Waals surface area contributed by atoms with E-state index >= 15 is 0 Å². The van der Waals surface area contributed by atoms with Crippen LogP contribution in [0.15, 0.2) is 30.3 Å². The summed E-state index contributed by atoms with van der Waals surface area (Å²) in [6.07, 6.45) is 5.10. The van der Waals surface area contributed by atoms with Crippen molar-refractivity contribution in [3.8, 4) is 5.75 Å². The van der Waals surface area contributed by atoms with Crippen LogP contribution in [0.2, 0.25) is 0 Å². The largest absolute Gasteiger partial charge is 0.493 e. The van der Waals surface area contributed by atoms with Crippen molar-refractivity contribution in [2.75, 3.05) is 19.7 Å². The predicted octanol–water partition coefficient (Wildman–Crippen LogP) is 2.09. The van der Waals surface area contributed by atoms with Crippen LogP contribution in [0.3, 0.4) is 0 Å². The molecule has 2 rings (SSSR count). The molecule has 4 nitrogen and oxygen atoms in total. The number of hydrogen-bond donors (Lipinski definition) is 2. The Morgan fingerprint density at radius 2 is 1.95 bits per heavy atom. The first kappa shape index (κ1) is 14.9. The van der Waals surface area contributed by atoms with Crippen molar-refractivity contribution in [2.45, 2.75) is 32.1 Å². The number of ether oxygens (including phenoxy) is 1. The lowest BCUT2D eigenvalue weighted by molar-refractivity contribution is -0.122. The molecule has 1 aromatic rings. The number of carbonyl (C=O) groups excluding carboxylic acids is 1. The van der Waals surface area contributed by atoms with Gasteiger partial charge >= 0.3 is 0 Å². The fourth-order valence-corrected chi connectivity index (χ4v) is 2.73. The van der Waals surface area contributed by atoms with Gasteiger partial charge in [-0.05, 0) is 36.9 Å². The van der Waals surface area contributed by atoms with Crippen molar-refractivity contribution in [1.29, 1.82) is 0 Å². The predicted molar refractivity (Wildman–Crippen MR) is 79.5 cm³/mol. The summed E-state index contributed by atoms with van der Waals surface area (Å²) in [5.41, 5.74) is 5.99. The maximum absolute atomic E-state index is 11.8. The minimum atomic E-state index is 0.0423. The Balaban J connectivity index is 1.65. The Labute approximate surface area is 120 Å². The number of rotatable bonds is 7. The van der Waals surface area contributed by atoms with E-state index in [0.717, 1.165) is 18.6 Å². The molecule has 0 bridgehead atoms. The minimum Gasteiger partial charge on any atom is -0.493 e. The van der Waals surface area contributed by atoms with Gasteiger partial charge in [0, 0.05) is 6.54 Å². The summed E-state index contributed by atoms with van der Waals surface area (Å²) in [5.74, 6) is 0.843. The van der Waals surface area contributed by atoms with Crippen molar-refractivity contribution < 1.29 is 9.53 Å². The summed E-state index contributed by atoms with van der Waals surface area (Å²) in [6, 6.07) is 9.55. The summed E-state index contributed by atoms with van der Waals surface area (Å²) < 4.78 is 5.51. The average molecular weight is 276 g/mol. The van der Waals surface area contributed by atoms with E-state index in [9.17, 15) is 4.79 Å². The Morgan fingerprint density at radius 1 is 1.25 bits per heavy atom. The lowest BCUT2D eigenvalue weighted by atomic mass is 9.86. The van der Waals surface area contributed by atoms with Gasteiger partial charge in [0.15, 0.2) is 0 Å². The first-order valence-electron chi connectivity index (χ1n) is 7.39. The second kappa shape index (κ2) is 7.29. The maximum atomic E-state index is 11.8. The Bertz CT molecular complexity index is 414. The molecule has 110 valence electrons. The topological polar surface area (TPSA) is 64.3 Å². The van der Waals surface area contributed by atoms with Gasteiger partial charge in [-0.15, -0.1) is 0 Å². The first-order chi connectivity index (χ1) is 9.74. The average Bonchev–Trinajstić information content (AvgIpc) is 2.96. The highest BCUT2D eigenvalue weighted by molar-refractivity contribution is 5.76. The highest BCUT2D eigenvalue weighted by Crippen LogP contribution is 2.36. The van der Waals surface area contributed by atoms with E-state index in [1.807, 2.05) is 30.3 Å². The molecule has 0 saturated heterocycles. The molecule has 0 aliphatic heterocycles. The molecule has 1 fully saturated rings. The van der Waals surface area contributed by atoms with E-state index in [4.69, 9.17) is 10.5 Å². The summed E-state index contributed by atoms with van der Waals surface area (Å²) in [5, 5.41) is 3.00. The van der Waals surface area contributed by atoms with Gasteiger partial charge < -0.3 is 15.8 Å². The molecular weight excluding hydrogens is 252 g/mol. The van der Waals surface area contributed by atoms with Gasteiger partial charge in [-0.25, -0.2) is 0 Å². The molecule has 1 aromatic carbocycles. The quantitative estimate of drug-likeness (QED) is 0.801. The third kappa shape index (κ3) is 4.23. The zero-order valence-electron chi connectivity index (χ0n) is 11.9. The van der Waals surface area contributed by atoms with Crippen molar-refractivity contribution in [1.82, 2.24) is 5.32 Å². The molecule has 0 aromatic heterocycles. The molecular formula is C16H24N2O2. The van der Waals surface area contributed by atoms with E-state index in [1.54, 1.807) is 0 Å². The van der Waals surface area contributed by atoms with Crippen LogP contribution in [0.1, 0.15) is 32.1 Å². The fraction of sp³-hybridized carbons (Fsp3) is 0.562. The maximum Gasteiger partial charge on any atom is 0.223 e. The zero-order valence-corrected chi connectivity index (χ0v) is 11.9. The number of carbonyl (C=O) groups is 1. The van der Waals surface area contributed by atoms with Crippen molar-refractivity contribution in [3.05, 3.63) is 30.3 Å². The first-order valence-corrected chi connectivity index (χ1v) is 7.39. The third-order valence-electron chi connectivity index (χ3n) is 4.10. The Kier molecular flexibility index (Phi) is 5.41. The minimum absolute atomic E-state index is 0.0423. The standard InChI is InChI=1S/C16H24N2O2/c17-12-16(9-4-5-10-16)13-18-15(19)8-11-20-14-6-2-1-3-7-14/h1-3,6-7H,4-5,8-13,17H2,(H,18,19). The SMILES string of the molecule is NCC1(CNC(=O)CCOc2ccccc2)CCCC1. The molecule has 0 spiro atoms. The summed E-state index contributed by atoms with van der Waals surface area (Å²) in [6.45, 7) is 1.77. The third-order valence-corrected chi connectivity index (χ3v) is 4.10. The highest BCUT2D eigenvalue weighted by Gasteiger charge is 2.32. The molecule has 0 heterocycles. The van der Waals surface area contributed by atoms with E-state index < -0.39 is 0 Å². The van der Waals surface area contributed by atoms with E-state index in [-0.39, 0.29) is 11.3 Å². The monoisotopic (exact) mass is 276 g/mol. The van der Waals surface area contributed by atoms with Gasteiger partial charge in [0.05, 0.1) is 13.0 Å². The number of benzene rings is 1. The van der Waals surface area contributed by atoms with Crippen LogP contribution in [0.25, 0.3) is 0 Å². The molecule has 1 aliphatic rings. The second-order valence-electron chi connectivity index (χ2n) is 5.60. The molecule has 0 atom stereocenters. The molecule has 1 saturated carbocycles. The number of nitrogens with two attached hydrogens (primary N) is 1. The van der Waals surface area contributed by atoms with Gasteiger partial charge in [0.1, 0.15) is 5.75 Å². The highest BCUT2D eigenvalue weighted by atomic mass is 16.5. The van der Waals surface area contributed by atoms with Crippen LogP contribution in [-0.2, 0) is 4.79 Å². The lowest BCUT2D eigenvalue weighted by Gasteiger charge is -2.27. The summed E-state index contributed by atoms with van der Waals surface area (Å²) in [7, 11) is 0. The number of nitrogens with one attached hydrogen (secondary N) is 1. The van der Waals surface area contributed by atoms with E-state index in [0.29, 0.717) is 26.1 Å². The van der Waals surface area contributed by atoms with E-state index in [1.165, 1.54) is 12.8 Å². The van der Waals surface area contributed by atoms with Crippen molar-refractivity contribution in [2.24, 2.45) is 11.1 Å². The number of amides is 1. The summed E-state index contributed by atoms with van der Waals surface area (Å²) >= 11 is 0. The molecule has 0 unspecified atom stereocenters. The normalized spacial score (nSPS) is 16.9. The number of para-hydroxylation sites is 1. The van der Waals surface area contributed by atoms with Gasteiger partial charge in [-0.3, -0.25) is 4.79 Å². The molecule has 0 radical (unpaired) electrons. The molecule has 4 heteroatoms. The second-order valence-corrected chi connectivity index (χ2v) is 5.60.